The molecular formula is C13H19N5O5S. The van der Waals surface area contributed by atoms with Crippen LogP contribution in [0, 0.1) is 0 Å². The molecule has 1 aromatic heterocycles. The summed E-state index contributed by atoms with van der Waals surface area (Å²) in [7, 11) is -4.76. The highest BCUT2D eigenvalue weighted by molar-refractivity contribution is 7.80. The number of nitrogens with two attached hydrogens (primary N) is 2. The van der Waals surface area contributed by atoms with Crippen LogP contribution in [-0.4, -0.2) is 30.0 Å². The monoisotopic (exact) mass is 357 g/mol. The summed E-state index contributed by atoms with van der Waals surface area (Å²) in [5.41, 5.74) is 12.5. The van der Waals surface area contributed by atoms with Crippen LogP contribution in [0.25, 0.3) is 0 Å². The minimum absolute atomic E-state index is 0. The van der Waals surface area contributed by atoms with Gasteiger partial charge in [0.05, 0.1) is 6.07 Å². The molecule has 0 radical (unpaired) electrons. The van der Waals surface area contributed by atoms with E-state index in [-0.39, 0.29) is 17.2 Å². The predicted molar refractivity (Wildman–Crippen MR) is 86.5 cm³/mol. The summed E-state index contributed by atoms with van der Waals surface area (Å²) in [5.74, 6) is 0.0438. The van der Waals surface area contributed by atoms with Crippen LogP contribution >= 0.6 is 0 Å². The topological polar surface area (TPSA) is 166 Å². The van der Waals surface area contributed by atoms with Gasteiger partial charge in [-0.15, -0.1) is 0 Å². The Morgan fingerprint density at radius 2 is 1.92 bits per heavy atom. The average Bonchev–Trinajstić information content (AvgIpc) is 2.48. The molecule has 0 amide bonds. The second-order valence-corrected chi connectivity index (χ2v) is 5.70. The second kappa shape index (κ2) is 7.77. The maximum Gasteiger partial charge on any atom is 0.474 e. The Balaban J connectivity index is 0.00000288. The molecule has 1 heterocycles. The Labute approximate surface area is 139 Å². The van der Waals surface area contributed by atoms with Gasteiger partial charge in [-0.25, -0.2) is 4.28 Å². The van der Waals surface area contributed by atoms with Crippen LogP contribution in [-0.2, 0) is 16.9 Å². The van der Waals surface area contributed by atoms with Gasteiger partial charge in [0.1, 0.15) is 0 Å². The molecule has 2 rings (SSSR count). The van der Waals surface area contributed by atoms with Gasteiger partial charge in [0.25, 0.3) is 0 Å². The van der Waals surface area contributed by atoms with E-state index >= 15 is 0 Å². The van der Waals surface area contributed by atoms with Gasteiger partial charge in [-0.05, 0) is 17.2 Å². The number of nitrogens with zero attached hydrogens (tertiary/aromatic N) is 3. The van der Waals surface area contributed by atoms with Crippen LogP contribution in [0.2, 0.25) is 0 Å². The molecule has 0 aliphatic rings. The van der Waals surface area contributed by atoms with Crippen LogP contribution in [0.5, 0.6) is 0 Å². The lowest BCUT2D eigenvalue weighted by atomic mass is 10.2. The maximum absolute atomic E-state index is 10.8. The summed E-state index contributed by atoms with van der Waals surface area (Å²) < 4.78 is 35.1. The summed E-state index contributed by atoms with van der Waals surface area (Å²) in [6.07, 6.45) is 0. The largest absolute Gasteiger partial charge is 0.870 e. The zero-order valence-electron chi connectivity index (χ0n) is 12.9. The van der Waals surface area contributed by atoms with Crippen molar-refractivity contribution in [3.63, 3.8) is 0 Å². The van der Waals surface area contributed by atoms with Gasteiger partial charge in [0, 0.05) is 13.1 Å². The van der Waals surface area contributed by atoms with Gasteiger partial charge < -0.3 is 21.8 Å². The standard InChI is InChI=1S/C13H17N5O4S.H2O/c1-2-17(9-10-6-4-3-5-7-10)12-8-11(14)18(13(15)16-12)22-23(19,20)21;/h3-8H,2,9H2,1H3,(H4,14,15,16,19,20,21);1H2. The third-order valence-electron chi connectivity index (χ3n) is 3.04. The Kier molecular flexibility index (Phi) is 6.28. The molecule has 0 unspecified atom stereocenters. The fraction of sp³-hybridized carbons (Fsp3) is 0.231. The SMILES string of the molecule is CCN(Cc1ccccc1)c1cc(N)[n+](OS(=O)(=O)O)c(N)n1.[OH-]. The van der Waals surface area contributed by atoms with E-state index in [1.807, 2.05) is 42.2 Å². The molecule has 1 aromatic carbocycles. The number of nitrogen functional groups attached to an aromatic ring is 2. The minimum Gasteiger partial charge on any atom is -0.870 e. The number of benzene rings is 1. The average molecular weight is 357 g/mol. The van der Waals surface area contributed by atoms with Gasteiger partial charge in [-0.1, -0.05) is 35.3 Å². The molecule has 0 saturated carbocycles. The van der Waals surface area contributed by atoms with E-state index in [2.05, 4.69) is 9.27 Å². The Hall–Kier alpha value is -2.63. The quantitative estimate of drug-likeness (QED) is 0.461. The molecule has 0 spiro atoms. The lowest BCUT2D eigenvalue weighted by Crippen LogP contribution is -2.50. The third kappa shape index (κ3) is 4.94. The van der Waals surface area contributed by atoms with E-state index in [1.54, 1.807) is 0 Å². The Morgan fingerprint density at radius 3 is 2.42 bits per heavy atom. The highest BCUT2D eigenvalue weighted by Gasteiger charge is 2.22. The minimum atomic E-state index is -4.76. The molecular weight excluding hydrogens is 338 g/mol. The number of aromatic nitrogens is 2. The van der Waals surface area contributed by atoms with E-state index in [9.17, 15) is 8.42 Å². The smallest absolute Gasteiger partial charge is 0.474 e. The Morgan fingerprint density at radius 1 is 1.29 bits per heavy atom. The zero-order valence-corrected chi connectivity index (χ0v) is 13.7. The van der Waals surface area contributed by atoms with Gasteiger partial charge in [0.2, 0.25) is 5.82 Å². The lowest BCUT2D eigenvalue weighted by Gasteiger charge is -2.20. The number of anilines is 3. The van der Waals surface area contributed by atoms with Crippen molar-refractivity contribution in [1.82, 2.24) is 4.98 Å². The Bertz CT molecular complexity index is 762. The van der Waals surface area contributed by atoms with E-state index in [1.165, 1.54) is 6.07 Å². The predicted octanol–water partition coefficient (Wildman–Crippen LogP) is -0.385. The summed E-state index contributed by atoms with van der Waals surface area (Å²) in [4.78, 5) is 5.97. The van der Waals surface area contributed by atoms with E-state index in [4.69, 9.17) is 16.0 Å². The van der Waals surface area contributed by atoms with Crippen LogP contribution in [0.1, 0.15) is 12.5 Å². The van der Waals surface area contributed by atoms with Gasteiger partial charge in [0.15, 0.2) is 5.82 Å². The second-order valence-electron chi connectivity index (χ2n) is 4.69. The molecule has 0 saturated heterocycles. The summed E-state index contributed by atoms with van der Waals surface area (Å²) >= 11 is 0. The van der Waals surface area contributed by atoms with Crippen LogP contribution in [0.3, 0.4) is 0 Å². The fourth-order valence-electron chi connectivity index (χ4n) is 2.01. The van der Waals surface area contributed by atoms with Gasteiger partial charge in [-0.2, -0.15) is 8.42 Å². The van der Waals surface area contributed by atoms with E-state index in [0.29, 0.717) is 23.6 Å². The summed E-state index contributed by atoms with van der Waals surface area (Å²) in [6, 6.07) is 11.1. The first-order valence-corrected chi connectivity index (χ1v) is 8.11. The van der Waals surface area contributed by atoms with Crippen molar-refractivity contribution in [2.45, 2.75) is 13.5 Å². The molecule has 0 atom stereocenters. The third-order valence-corrected chi connectivity index (χ3v) is 3.38. The molecule has 0 aliphatic carbocycles. The number of rotatable bonds is 6. The summed E-state index contributed by atoms with van der Waals surface area (Å²) in [6.45, 7) is 3.14. The number of hydrogen-bond acceptors (Lipinski definition) is 8. The molecule has 24 heavy (non-hydrogen) atoms. The fourth-order valence-corrected chi connectivity index (χ4v) is 2.37. The molecule has 0 bridgehead atoms. The van der Waals surface area contributed by atoms with Crippen LogP contribution in [0.15, 0.2) is 36.4 Å². The van der Waals surface area contributed by atoms with Gasteiger partial charge >= 0.3 is 16.3 Å². The molecule has 11 heteroatoms. The first kappa shape index (κ1) is 19.4. The highest BCUT2D eigenvalue weighted by Crippen LogP contribution is 2.16. The van der Waals surface area contributed by atoms with Crippen molar-refractivity contribution in [1.29, 1.82) is 0 Å². The maximum atomic E-state index is 10.8. The molecule has 6 N–H and O–H groups in total. The lowest BCUT2D eigenvalue weighted by molar-refractivity contribution is -0.835. The number of hydrogen-bond donors (Lipinski definition) is 3. The van der Waals surface area contributed by atoms with Crippen molar-refractivity contribution in [2.24, 2.45) is 0 Å². The van der Waals surface area contributed by atoms with E-state index in [0.717, 1.165) is 5.56 Å². The van der Waals surface area contributed by atoms with Crippen molar-refractivity contribution in [2.75, 3.05) is 22.9 Å². The molecule has 10 nitrogen and oxygen atoms in total. The summed E-state index contributed by atoms with van der Waals surface area (Å²) in [5, 5.41) is 0. The molecule has 0 aliphatic heterocycles. The molecule has 0 fully saturated rings. The molecule has 132 valence electrons. The first-order chi connectivity index (χ1) is 10.8. The highest BCUT2D eigenvalue weighted by atomic mass is 32.3. The van der Waals surface area contributed by atoms with Crippen molar-refractivity contribution in [3.8, 4) is 0 Å². The first-order valence-electron chi connectivity index (χ1n) is 6.74. The van der Waals surface area contributed by atoms with Crippen molar-refractivity contribution in [3.05, 3.63) is 42.0 Å². The van der Waals surface area contributed by atoms with E-state index < -0.39 is 10.4 Å². The normalized spacial score (nSPS) is 10.8. The van der Waals surface area contributed by atoms with Crippen molar-refractivity contribution >= 4 is 28.0 Å². The zero-order chi connectivity index (χ0) is 17.0. The van der Waals surface area contributed by atoms with Crippen molar-refractivity contribution < 1.29 is 27.5 Å². The molecule has 2 aromatic rings. The van der Waals surface area contributed by atoms with Crippen LogP contribution < -0.4 is 25.4 Å². The van der Waals surface area contributed by atoms with Crippen LogP contribution in [0.4, 0.5) is 17.6 Å². The van der Waals surface area contributed by atoms with Gasteiger partial charge in [-0.3, -0.25) is 4.55 Å².